The standard InChI is InChI=1S/C19H34N2O4/c1-17(2,3)14(20-16(24)25-18(4,5)6)15(23)21-9-11-13(12(21)10-22)19(11,7)8/h11-14,22H,9-10H2,1-8H3,(H,20,24)/t11-,12-,13-,14-/m1/s1. The molecule has 6 nitrogen and oxygen atoms in total. The zero-order valence-electron chi connectivity index (χ0n) is 16.8. The lowest BCUT2D eigenvalue weighted by molar-refractivity contribution is -0.139. The van der Waals surface area contributed by atoms with Crippen LogP contribution in [0.25, 0.3) is 0 Å². The number of rotatable bonds is 3. The molecule has 2 N–H and O–H groups in total. The molecular weight excluding hydrogens is 320 g/mol. The molecule has 2 fully saturated rings. The van der Waals surface area contributed by atoms with Gasteiger partial charge in [0.2, 0.25) is 5.91 Å². The Morgan fingerprint density at radius 2 is 1.80 bits per heavy atom. The van der Waals surface area contributed by atoms with Crippen LogP contribution in [0.15, 0.2) is 0 Å². The van der Waals surface area contributed by atoms with Crippen LogP contribution in [0.2, 0.25) is 0 Å². The van der Waals surface area contributed by atoms with Crippen molar-refractivity contribution in [3.63, 3.8) is 0 Å². The normalized spacial score (nSPS) is 29.0. The van der Waals surface area contributed by atoms with Crippen molar-refractivity contribution in [3.05, 3.63) is 0 Å². The summed E-state index contributed by atoms with van der Waals surface area (Å²) >= 11 is 0. The van der Waals surface area contributed by atoms with Crippen LogP contribution in [0.5, 0.6) is 0 Å². The Morgan fingerprint density at radius 3 is 2.24 bits per heavy atom. The minimum atomic E-state index is -0.697. The second-order valence-corrected chi connectivity index (χ2v) is 10.1. The molecule has 4 atom stereocenters. The zero-order chi connectivity index (χ0) is 19.4. The fraction of sp³-hybridized carbons (Fsp3) is 0.895. The highest BCUT2D eigenvalue weighted by Crippen LogP contribution is 2.64. The molecule has 25 heavy (non-hydrogen) atoms. The van der Waals surface area contributed by atoms with Crippen LogP contribution in [0.1, 0.15) is 55.4 Å². The van der Waals surface area contributed by atoms with Gasteiger partial charge in [-0.3, -0.25) is 4.79 Å². The van der Waals surface area contributed by atoms with Crippen LogP contribution in [-0.4, -0.2) is 52.8 Å². The minimum Gasteiger partial charge on any atom is -0.444 e. The third-order valence-electron chi connectivity index (χ3n) is 5.59. The third kappa shape index (κ3) is 3.94. The first kappa shape index (κ1) is 20.0. The van der Waals surface area contributed by atoms with E-state index in [4.69, 9.17) is 4.74 Å². The SMILES string of the molecule is CC(C)(C)OC(=O)N[C@H](C(=O)N1C[C@@H]2[C@H]([C@H]1CO)C2(C)C)C(C)(C)C. The fourth-order valence-corrected chi connectivity index (χ4v) is 4.15. The summed E-state index contributed by atoms with van der Waals surface area (Å²) < 4.78 is 5.32. The number of aliphatic hydroxyl groups excluding tert-OH is 1. The number of nitrogens with zero attached hydrogens (tertiary/aromatic N) is 1. The lowest BCUT2D eigenvalue weighted by Crippen LogP contribution is -2.57. The van der Waals surface area contributed by atoms with Gasteiger partial charge in [0.1, 0.15) is 11.6 Å². The Labute approximate surface area is 151 Å². The molecule has 0 radical (unpaired) electrons. The number of hydrogen-bond acceptors (Lipinski definition) is 4. The average molecular weight is 354 g/mol. The first-order valence-corrected chi connectivity index (χ1v) is 9.11. The van der Waals surface area contributed by atoms with Gasteiger partial charge in [0.05, 0.1) is 12.6 Å². The molecule has 1 aliphatic heterocycles. The number of carbonyl (C=O) groups is 2. The lowest BCUT2D eigenvalue weighted by atomic mass is 9.85. The summed E-state index contributed by atoms with van der Waals surface area (Å²) in [5, 5.41) is 12.6. The molecule has 1 saturated carbocycles. The van der Waals surface area contributed by atoms with E-state index in [1.807, 2.05) is 20.8 Å². The number of aliphatic hydroxyl groups is 1. The van der Waals surface area contributed by atoms with E-state index in [-0.39, 0.29) is 24.0 Å². The number of piperidine rings is 1. The van der Waals surface area contributed by atoms with Gasteiger partial charge >= 0.3 is 6.09 Å². The minimum absolute atomic E-state index is 0.0420. The van der Waals surface area contributed by atoms with Crippen LogP contribution in [0, 0.1) is 22.7 Å². The van der Waals surface area contributed by atoms with Crippen molar-refractivity contribution in [1.29, 1.82) is 0 Å². The van der Waals surface area contributed by atoms with Crippen molar-refractivity contribution in [2.24, 2.45) is 22.7 Å². The quantitative estimate of drug-likeness (QED) is 0.816. The summed E-state index contributed by atoms with van der Waals surface area (Å²) in [6, 6.07) is -0.866. The molecule has 2 rings (SSSR count). The molecule has 0 spiro atoms. The van der Waals surface area contributed by atoms with Crippen molar-refractivity contribution in [2.45, 2.75) is 73.1 Å². The Hall–Kier alpha value is -1.30. The highest BCUT2D eigenvalue weighted by atomic mass is 16.6. The molecule has 0 aromatic rings. The van der Waals surface area contributed by atoms with Crippen molar-refractivity contribution in [1.82, 2.24) is 10.2 Å². The second-order valence-electron chi connectivity index (χ2n) is 10.1. The van der Waals surface area contributed by atoms with E-state index >= 15 is 0 Å². The number of ether oxygens (including phenoxy) is 1. The molecule has 2 aliphatic rings. The Balaban J connectivity index is 2.14. The highest BCUT2D eigenvalue weighted by Gasteiger charge is 2.67. The van der Waals surface area contributed by atoms with Gasteiger partial charge < -0.3 is 20.1 Å². The van der Waals surface area contributed by atoms with Gasteiger partial charge in [-0.15, -0.1) is 0 Å². The number of amides is 2. The molecule has 144 valence electrons. The summed E-state index contributed by atoms with van der Waals surface area (Å²) in [4.78, 5) is 27.2. The van der Waals surface area contributed by atoms with E-state index in [2.05, 4.69) is 19.2 Å². The molecule has 1 saturated heterocycles. The molecule has 0 aromatic carbocycles. The van der Waals surface area contributed by atoms with Gasteiger partial charge in [0.25, 0.3) is 0 Å². The molecule has 1 aliphatic carbocycles. The molecule has 6 heteroatoms. The van der Waals surface area contributed by atoms with Crippen LogP contribution < -0.4 is 5.32 Å². The van der Waals surface area contributed by atoms with Crippen molar-refractivity contribution >= 4 is 12.0 Å². The number of likely N-dealkylation sites (tertiary alicyclic amines) is 1. The smallest absolute Gasteiger partial charge is 0.408 e. The van der Waals surface area contributed by atoms with Crippen LogP contribution in [0.3, 0.4) is 0 Å². The maximum absolute atomic E-state index is 13.2. The molecule has 1 heterocycles. The highest BCUT2D eigenvalue weighted by molar-refractivity contribution is 5.87. The van der Waals surface area contributed by atoms with Crippen LogP contribution in [0.4, 0.5) is 4.79 Å². The Kier molecular flexibility index (Phi) is 4.92. The largest absolute Gasteiger partial charge is 0.444 e. The Morgan fingerprint density at radius 1 is 1.24 bits per heavy atom. The number of nitrogens with one attached hydrogen (secondary N) is 1. The lowest BCUT2D eigenvalue weighted by Gasteiger charge is -2.37. The third-order valence-corrected chi connectivity index (χ3v) is 5.59. The molecular formula is C19H34N2O4. The van der Waals surface area contributed by atoms with Crippen LogP contribution in [-0.2, 0) is 9.53 Å². The van der Waals surface area contributed by atoms with Gasteiger partial charge in [-0.05, 0) is 43.4 Å². The van der Waals surface area contributed by atoms with E-state index in [9.17, 15) is 14.7 Å². The maximum atomic E-state index is 13.2. The predicted octanol–water partition coefficient (Wildman–Crippen LogP) is 2.40. The number of hydrogen-bond donors (Lipinski definition) is 2. The topological polar surface area (TPSA) is 78.9 Å². The maximum Gasteiger partial charge on any atom is 0.408 e. The molecule has 0 bridgehead atoms. The van der Waals surface area contributed by atoms with Gasteiger partial charge in [0, 0.05) is 6.54 Å². The number of fused-ring (bicyclic) bond motifs is 1. The van der Waals surface area contributed by atoms with Crippen molar-refractivity contribution in [2.75, 3.05) is 13.2 Å². The summed E-state index contributed by atoms with van der Waals surface area (Å²) in [7, 11) is 0. The van der Waals surface area contributed by atoms with Gasteiger partial charge in [-0.25, -0.2) is 4.79 Å². The van der Waals surface area contributed by atoms with Gasteiger partial charge in [-0.2, -0.15) is 0 Å². The first-order valence-electron chi connectivity index (χ1n) is 9.11. The predicted molar refractivity (Wildman–Crippen MR) is 96.0 cm³/mol. The van der Waals surface area contributed by atoms with E-state index < -0.39 is 23.2 Å². The van der Waals surface area contributed by atoms with Gasteiger partial charge in [0.15, 0.2) is 0 Å². The summed E-state index contributed by atoms with van der Waals surface area (Å²) in [5.41, 5.74) is -0.904. The molecule has 0 unspecified atom stereocenters. The summed E-state index contributed by atoms with van der Waals surface area (Å²) in [6.07, 6.45) is -0.592. The van der Waals surface area contributed by atoms with E-state index in [0.717, 1.165) is 0 Å². The van der Waals surface area contributed by atoms with Crippen molar-refractivity contribution in [3.8, 4) is 0 Å². The summed E-state index contributed by atoms with van der Waals surface area (Å²) in [5.74, 6) is 0.625. The van der Waals surface area contributed by atoms with E-state index in [0.29, 0.717) is 18.4 Å². The van der Waals surface area contributed by atoms with E-state index in [1.165, 1.54) is 0 Å². The molecule has 0 aromatic heterocycles. The number of carbonyl (C=O) groups excluding carboxylic acids is 2. The van der Waals surface area contributed by atoms with E-state index in [1.54, 1.807) is 25.7 Å². The monoisotopic (exact) mass is 354 g/mol. The van der Waals surface area contributed by atoms with Crippen LogP contribution >= 0.6 is 0 Å². The molecule has 2 amide bonds. The zero-order valence-corrected chi connectivity index (χ0v) is 16.8. The second kappa shape index (κ2) is 6.15. The fourth-order valence-electron chi connectivity index (χ4n) is 4.15. The van der Waals surface area contributed by atoms with Gasteiger partial charge in [-0.1, -0.05) is 34.6 Å². The first-order chi connectivity index (χ1) is 11.2. The van der Waals surface area contributed by atoms with Crippen molar-refractivity contribution < 1.29 is 19.4 Å². The Bertz CT molecular complexity index is 545. The summed E-state index contributed by atoms with van der Waals surface area (Å²) in [6.45, 7) is 16.1. The number of alkyl carbamates (subject to hydrolysis) is 1. The average Bonchev–Trinajstić information content (AvgIpc) is 2.81.